The van der Waals surface area contributed by atoms with Crippen molar-refractivity contribution in [2.75, 3.05) is 7.11 Å². The summed E-state index contributed by atoms with van der Waals surface area (Å²) in [7, 11) is 1.37. The fourth-order valence-corrected chi connectivity index (χ4v) is 3.08. The normalized spacial score (nSPS) is 39.8. The lowest BCUT2D eigenvalue weighted by Crippen LogP contribution is -2.58. The van der Waals surface area contributed by atoms with Gasteiger partial charge in [0.05, 0.1) is 17.9 Å². The highest BCUT2D eigenvalue weighted by molar-refractivity contribution is 5.85. The number of carboxylic acids is 1. The van der Waals surface area contributed by atoms with Crippen molar-refractivity contribution in [3.8, 4) is 0 Å². The zero-order chi connectivity index (χ0) is 10.4. The van der Waals surface area contributed by atoms with Gasteiger partial charge >= 0.3 is 11.9 Å². The minimum atomic E-state index is -0.753. The van der Waals surface area contributed by atoms with Crippen LogP contribution in [0.5, 0.6) is 0 Å². The molecule has 0 radical (unpaired) electrons. The number of carbonyl (C=O) groups is 2. The predicted octanol–water partition coefficient (Wildman–Crippen LogP) is 1.19. The van der Waals surface area contributed by atoms with Gasteiger partial charge in [0.2, 0.25) is 0 Å². The molecular weight excluding hydrogens is 184 g/mol. The fourth-order valence-electron chi connectivity index (χ4n) is 3.08. The molecule has 0 aromatic carbocycles. The number of rotatable bonds is 2. The minimum absolute atomic E-state index is 0.228. The van der Waals surface area contributed by atoms with Gasteiger partial charge in [-0.15, -0.1) is 0 Å². The number of carbonyl (C=O) groups excluding carboxylic acids is 1. The molecule has 3 saturated carbocycles. The smallest absolute Gasteiger partial charge is 0.311 e. The quantitative estimate of drug-likeness (QED) is 0.677. The van der Waals surface area contributed by atoms with Gasteiger partial charge in [-0.1, -0.05) is 6.42 Å². The first-order valence-electron chi connectivity index (χ1n) is 4.87. The summed E-state index contributed by atoms with van der Waals surface area (Å²) in [6.45, 7) is 0. The molecule has 0 aromatic rings. The van der Waals surface area contributed by atoms with Crippen LogP contribution in [0.4, 0.5) is 0 Å². The van der Waals surface area contributed by atoms with Crippen LogP contribution in [-0.4, -0.2) is 24.2 Å². The molecule has 3 aliphatic carbocycles. The first-order valence-corrected chi connectivity index (χ1v) is 4.87. The highest BCUT2D eigenvalue weighted by atomic mass is 16.5. The molecule has 78 valence electrons. The first kappa shape index (κ1) is 9.49. The number of fused-ring (bicyclic) bond motifs is 2. The fraction of sp³-hybridized carbons (Fsp3) is 0.800. The van der Waals surface area contributed by atoms with E-state index >= 15 is 0 Å². The molecular formula is C10H14O4. The van der Waals surface area contributed by atoms with Crippen LogP contribution in [0, 0.1) is 10.8 Å². The third kappa shape index (κ3) is 0.996. The van der Waals surface area contributed by atoms with E-state index in [1.807, 2.05) is 0 Å². The first-order chi connectivity index (χ1) is 6.55. The second-order valence-electron chi connectivity index (χ2n) is 4.56. The van der Waals surface area contributed by atoms with Crippen LogP contribution in [0.15, 0.2) is 0 Å². The molecule has 14 heavy (non-hydrogen) atoms. The molecule has 0 saturated heterocycles. The highest BCUT2D eigenvalue weighted by Gasteiger charge is 2.65. The second kappa shape index (κ2) is 2.72. The Bertz CT molecular complexity index is 288. The molecule has 0 aliphatic heterocycles. The maximum Gasteiger partial charge on any atom is 0.311 e. The molecule has 4 heteroatoms. The molecule has 0 unspecified atom stereocenters. The Morgan fingerprint density at radius 3 is 2.29 bits per heavy atom. The number of hydrogen-bond donors (Lipinski definition) is 1. The summed E-state index contributed by atoms with van der Waals surface area (Å²) in [5.74, 6) is -0.981. The molecule has 0 atom stereocenters. The molecule has 2 bridgehead atoms. The summed E-state index contributed by atoms with van der Waals surface area (Å²) in [6.07, 6.45) is 3.27. The summed E-state index contributed by atoms with van der Waals surface area (Å²) in [4.78, 5) is 22.5. The van der Waals surface area contributed by atoms with Crippen LogP contribution in [0.2, 0.25) is 0 Å². The van der Waals surface area contributed by atoms with Gasteiger partial charge in [-0.2, -0.15) is 0 Å². The van der Waals surface area contributed by atoms with E-state index in [4.69, 9.17) is 9.84 Å². The maximum atomic E-state index is 11.5. The Morgan fingerprint density at radius 2 is 1.79 bits per heavy atom. The lowest BCUT2D eigenvalue weighted by Gasteiger charge is -2.56. The number of ether oxygens (including phenoxy) is 1. The largest absolute Gasteiger partial charge is 0.481 e. The van der Waals surface area contributed by atoms with E-state index in [2.05, 4.69) is 0 Å². The van der Waals surface area contributed by atoms with Crippen molar-refractivity contribution in [3.63, 3.8) is 0 Å². The second-order valence-corrected chi connectivity index (χ2v) is 4.56. The number of hydrogen-bond acceptors (Lipinski definition) is 3. The van der Waals surface area contributed by atoms with E-state index in [0.29, 0.717) is 19.3 Å². The van der Waals surface area contributed by atoms with E-state index in [1.54, 1.807) is 0 Å². The van der Waals surface area contributed by atoms with Crippen LogP contribution in [0.25, 0.3) is 0 Å². The molecule has 3 aliphatic rings. The Morgan fingerprint density at radius 1 is 1.21 bits per heavy atom. The van der Waals surface area contributed by atoms with E-state index in [0.717, 1.165) is 12.8 Å². The van der Waals surface area contributed by atoms with Crippen molar-refractivity contribution >= 4 is 11.9 Å². The van der Waals surface area contributed by atoms with Gasteiger partial charge in [-0.05, 0) is 25.7 Å². The Labute approximate surface area is 82.2 Å². The molecule has 1 N–H and O–H groups in total. The van der Waals surface area contributed by atoms with Crippen molar-refractivity contribution in [1.82, 2.24) is 0 Å². The van der Waals surface area contributed by atoms with Crippen LogP contribution in [0.3, 0.4) is 0 Å². The number of aliphatic carboxylic acids is 1. The SMILES string of the molecule is COC(=O)C12CCCC(C(=O)O)(C1)C2. The molecule has 4 nitrogen and oxygen atoms in total. The summed E-state index contributed by atoms with van der Waals surface area (Å²) in [5, 5.41) is 9.05. The van der Waals surface area contributed by atoms with Crippen molar-refractivity contribution < 1.29 is 19.4 Å². The van der Waals surface area contributed by atoms with Gasteiger partial charge in [-0.3, -0.25) is 9.59 Å². The maximum absolute atomic E-state index is 11.5. The van der Waals surface area contributed by atoms with Gasteiger partial charge in [0.15, 0.2) is 0 Å². The molecule has 3 fully saturated rings. The van der Waals surface area contributed by atoms with Crippen LogP contribution < -0.4 is 0 Å². The monoisotopic (exact) mass is 198 g/mol. The Kier molecular flexibility index (Phi) is 1.84. The van der Waals surface area contributed by atoms with Crippen LogP contribution in [-0.2, 0) is 14.3 Å². The van der Waals surface area contributed by atoms with Crippen LogP contribution in [0.1, 0.15) is 32.1 Å². The van der Waals surface area contributed by atoms with Crippen molar-refractivity contribution in [3.05, 3.63) is 0 Å². The zero-order valence-electron chi connectivity index (χ0n) is 8.21. The topological polar surface area (TPSA) is 63.6 Å². The molecule has 3 rings (SSSR count). The lowest BCUT2D eigenvalue weighted by molar-refractivity contribution is -0.192. The molecule has 0 aromatic heterocycles. The van der Waals surface area contributed by atoms with Crippen molar-refractivity contribution in [1.29, 1.82) is 0 Å². The number of methoxy groups -OCH3 is 1. The summed E-state index contributed by atoms with van der Waals surface area (Å²) < 4.78 is 4.72. The van der Waals surface area contributed by atoms with E-state index < -0.39 is 16.8 Å². The van der Waals surface area contributed by atoms with Crippen molar-refractivity contribution in [2.24, 2.45) is 10.8 Å². The predicted molar refractivity (Wildman–Crippen MR) is 47.6 cm³/mol. The highest BCUT2D eigenvalue weighted by Crippen LogP contribution is 2.64. The zero-order valence-corrected chi connectivity index (χ0v) is 8.21. The third-order valence-corrected chi connectivity index (χ3v) is 3.74. The summed E-state index contributed by atoms with van der Waals surface area (Å²) in [6, 6.07) is 0. The Hall–Kier alpha value is -1.06. The average Bonchev–Trinajstić information content (AvgIpc) is 2.15. The lowest BCUT2D eigenvalue weighted by atomic mass is 9.46. The third-order valence-electron chi connectivity index (χ3n) is 3.74. The van der Waals surface area contributed by atoms with Gasteiger partial charge in [0, 0.05) is 0 Å². The molecule has 0 amide bonds. The van der Waals surface area contributed by atoms with Crippen LogP contribution >= 0.6 is 0 Å². The minimum Gasteiger partial charge on any atom is -0.481 e. The van der Waals surface area contributed by atoms with Gasteiger partial charge in [-0.25, -0.2) is 0 Å². The number of carboxylic acid groups (broad SMARTS) is 1. The van der Waals surface area contributed by atoms with Gasteiger partial charge in [0.1, 0.15) is 0 Å². The standard InChI is InChI=1S/C10H14O4/c1-14-8(13)10-4-2-3-9(5-10,6-10)7(11)12/h2-6H2,1H3,(H,11,12). The van der Waals surface area contributed by atoms with E-state index in [1.165, 1.54) is 7.11 Å². The summed E-state index contributed by atoms with van der Waals surface area (Å²) in [5.41, 5.74) is -1.09. The average molecular weight is 198 g/mol. The number of esters is 1. The van der Waals surface area contributed by atoms with Gasteiger partial charge in [0.25, 0.3) is 0 Å². The van der Waals surface area contributed by atoms with E-state index in [-0.39, 0.29) is 5.97 Å². The molecule has 0 spiro atoms. The summed E-state index contributed by atoms with van der Waals surface area (Å²) >= 11 is 0. The van der Waals surface area contributed by atoms with E-state index in [9.17, 15) is 9.59 Å². The molecule has 0 heterocycles. The van der Waals surface area contributed by atoms with Crippen molar-refractivity contribution in [2.45, 2.75) is 32.1 Å². The Balaban J connectivity index is 2.16. The van der Waals surface area contributed by atoms with Gasteiger partial charge < -0.3 is 9.84 Å².